The molecule has 10 heteroatoms. The molecule has 1 rings (SSSR count). The standard InChI is InChI=1S/C9H8F3N3O4/c10-9(11,12)7(16)14-8(17)13-5-2-1-3-6(4-5)15(18)19/h1-4,15,18H,(H2,13,14,16,17). The van der Waals surface area contributed by atoms with Crippen molar-refractivity contribution in [3.05, 3.63) is 29.5 Å². The number of urea groups is 1. The van der Waals surface area contributed by atoms with Gasteiger partial charge < -0.3 is 10.5 Å². The van der Waals surface area contributed by atoms with Crippen molar-refractivity contribution in [2.75, 3.05) is 5.32 Å². The summed E-state index contributed by atoms with van der Waals surface area (Å²) in [5.74, 6) is -2.42. The number of quaternary nitrogens is 1. The van der Waals surface area contributed by atoms with Gasteiger partial charge in [-0.15, -0.1) is 0 Å². The Morgan fingerprint density at radius 3 is 2.47 bits per heavy atom. The van der Waals surface area contributed by atoms with Crippen LogP contribution in [0.15, 0.2) is 24.3 Å². The van der Waals surface area contributed by atoms with E-state index in [1.807, 2.05) is 5.32 Å². The number of anilines is 1. The molecule has 0 radical (unpaired) electrons. The molecule has 1 aromatic rings. The molecule has 1 aromatic carbocycles. The van der Waals surface area contributed by atoms with E-state index in [1.54, 1.807) is 0 Å². The molecular formula is C9H8F3N3O4. The van der Waals surface area contributed by atoms with Crippen molar-refractivity contribution in [3.8, 4) is 0 Å². The number of amides is 3. The molecule has 0 aliphatic carbocycles. The van der Waals surface area contributed by atoms with Crippen LogP contribution in [0, 0.1) is 5.21 Å². The lowest BCUT2D eigenvalue weighted by molar-refractivity contribution is -0.991. The van der Waals surface area contributed by atoms with Gasteiger partial charge in [0.2, 0.25) is 0 Å². The van der Waals surface area contributed by atoms with Crippen molar-refractivity contribution < 1.29 is 33.2 Å². The average molecular weight is 279 g/mol. The molecule has 0 aliphatic heterocycles. The normalized spacial score (nSPS) is 12.7. The first-order chi connectivity index (χ1) is 8.70. The van der Waals surface area contributed by atoms with E-state index >= 15 is 0 Å². The maximum atomic E-state index is 11.8. The molecule has 0 saturated heterocycles. The zero-order valence-electron chi connectivity index (χ0n) is 9.12. The molecular weight excluding hydrogens is 271 g/mol. The van der Waals surface area contributed by atoms with Crippen LogP contribution in [-0.2, 0) is 4.79 Å². The molecule has 0 saturated carbocycles. The minimum absolute atomic E-state index is 0.0626. The van der Waals surface area contributed by atoms with Gasteiger partial charge in [0.15, 0.2) is 5.69 Å². The van der Waals surface area contributed by atoms with Crippen molar-refractivity contribution in [1.29, 1.82) is 0 Å². The zero-order chi connectivity index (χ0) is 14.6. The third-order valence-corrected chi connectivity index (χ3v) is 1.85. The highest BCUT2D eigenvalue weighted by Gasteiger charge is 2.39. The fraction of sp³-hybridized carbons (Fsp3) is 0.111. The van der Waals surface area contributed by atoms with E-state index in [4.69, 9.17) is 5.21 Å². The topological polar surface area (TPSA) is 106 Å². The Bertz CT molecular complexity index is 490. The van der Waals surface area contributed by atoms with E-state index in [0.29, 0.717) is 0 Å². The van der Waals surface area contributed by atoms with E-state index in [0.717, 1.165) is 11.4 Å². The Morgan fingerprint density at radius 2 is 1.95 bits per heavy atom. The van der Waals surface area contributed by atoms with Crippen molar-refractivity contribution in [2.24, 2.45) is 0 Å². The number of hydrogen-bond donors (Lipinski definition) is 4. The summed E-state index contributed by atoms with van der Waals surface area (Å²) in [7, 11) is 0. The molecule has 4 N–H and O–H groups in total. The molecule has 104 valence electrons. The largest absolute Gasteiger partial charge is 0.595 e. The van der Waals surface area contributed by atoms with Gasteiger partial charge in [-0.1, -0.05) is 6.07 Å². The smallest absolute Gasteiger partial charge is 0.471 e. The van der Waals surface area contributed by atoms with Crippen molar-refractivity contribution >= 4 is 23.3 Å². The van der Waals surface area contributed by atoms with E-state index in [-0.39, 0.29) is 11.4 Å². The zero-order valence-corrected chi connectivity index (χ0v) is 9.12. The Balaban J connectivity index is 2.67. The second-order valence-electron chi connectivity index (χ2n) is 3.29. The minimum atomic E-state index is -5.18. The first kappa shape index (κ1) is 14.9. The van der Waals surface area contributed by atoms with Gasteiger partial charge in [0.1, 0.15) is 0 Å². The van der Waals surface area contributed by atoms with E-state index in [1.165, 1.54) is 18.2 Å². The van der Waals surface area contributed by atoms with Crippen molar-refractivity contribution in [1.82, 2.24) is 5.32 Å². The number of carbonyl (C=O) groups excluding carboxylic acids is 2. The molecule has 0 spiro atoms. The number of carbonyl (C=O) groups is 2. The van der Waals surface area contributed by atoms with Gasteiger partial charge >= 0.3 is 18.1 Å². The first-order valence-electron chi connectivity index (χ1n) is 4.72. The molecule has 0 aromatic heterocycles. The summed E-state index contributed by atoms with van der Waals surface area (Å²) in [4.78, 5) is 21.5. The monoisotopic (exact) mass is 279 g/mol. The summed E-state index contributed by atoms with van der Waals surface area (Å²) in [5.41, 5.74) is -0.229. The minimum Gasteiger partial charge on any atom is -0.595 e. The van der Waals surface area contributed by atoms with Crippen LogP contribution in [0.5, 0.6) is 0 Å². The predicted molar refractivity (Wildman–Crippen MR) is 55.4 cm³/mol. The number of nitrogens with one attached hydrogen (secondary N) is 3. The molecule has 3 amide bonds. The van der Waals surface area contributed by atoms with Gasteiger partial charge in [-0.05, 0) is 6.07 Å². The van der Waals surface area contributed by atoms with Crippen LogP contribution >= 0.6 is 0 Å². The quantitative estimate of drug-likeness (QED) is 0.584. The lowest BCUT2D eigenvalue weighted by atomic mass is 10.3. The third-order valence-electron chi connectivity index (χ3n) is 1.85. The maximum Gasteiger partial charge on any atom is 0.471 e. The highest BCUT2D eigenvalue weighted by atomic mass is 19.4. The number of hydrogen-bond acceptors (Lipinski definition) is 4. The maximum absolute atomic E-state index is 11.8. The lowest BCUT2D eigenvalue weighted by Gasteiger charge is -2.13. The SMILES string of the molecule is O=C(NC(=O)C(F)(F)F)Nc1cccc([NH+]([O-])O)c1. The first-order valence-corrected chi connectivity index (χ1v) is 4.72. The fourth-order valence-corrected chi connectivity index (χ4v) is 1.07. The Hall–Kier alpha value is -2.17. The van der Waals surface area contributed by atoms with Gasteiger partial charge in [-0.2, -0.15) is 18.4 Å². The molecule has 0 fully saturated rings. The Morgan fingerprint density at radius 1 is 1.32 bits per heavy atom. The van der Waals surface area contributed by atoms with Gasteiger partial charge in [0.05, 0.1) is 0 Å². The highest BCUT2D eigenvalue weighted by Crippen LogP contribution is 2.15. The summed E-state index contributed by atoms with van der Waals surface area (Å²) < 4.78 is 35.5. The van der Waals surface area contributed by atoms with Crippen molar-refractivity contribution in [2.45, 2.75) is 6.18 Å². The molecule has 19 heavy (non-hydrogen) atoms. The number of halogens is 3. The van der Waals surface area contributed by atoms with Crippen LogP contribution in [0.2, 0.25) is 0 Å². The van der Waals surface area contributed by atoms with Gasteiger partial charge in [-0.25, -0.2) is 10.0 Å². The Labute approximate surface area is 104 Å². The van der Waals surface area contributed by atoms with Crippen LogP contribution in [-0.4, -0.2) is 23.3 Å². The molecule has 0 bridgehead atoms. The number of rotatable bonds is 2. The van der Waals surface area contributed by atoms with Gasteiger partial charge in [0.25, 0.3) is 0 Å². The number of imide groups is 1. The summed E-state index contributed by atoms with van der Waals surface area (Å²) in [5, 5.41) is 21.0. The van der Waals surface area contributed by atoms with Gasteiger partial charge in [0, 0.05) is 17.8 Å². The number of alkyl halides is 3. The lowest BCUT2D eigenvalue weighted by Crippen LogP contribution is -2.99. The molecule has 0 heterocycles. The van der Waals surface area contributed by atoms with Crippen LogP contribution < -0.4 is 15.9 Å². The third kappa shape index (κ3) is 4.54. The molecule has 7 nitrogen and oxygen atoms in total. The van der Waals surface area contributed by atoms with Gasteiger partial charge in [-0.3, -0.25) is 10.1 Å². The highest BCUT2D eigenvalue weighted by molar-refractivity contribution is 6.03. The average Bonchev–Trinajstić information content (AvgIpc) is 2.27. The van der Waals surface area contributed by atoms with Crippen molar-refractivity contribution in [3.63, 3.8) is 0 Å². The summed E-state index contributed by atoms with van der Waals surface area (Å²) >= 11 is 0. The predicted octanol–water partition coefficient (Wildman–Crippen LogP) is 0.300. The summed E-state index contributed by atoms with van der Waals surface area (Å²) in [6.45, 7) is 0. The molecule has 1 atom stereocenters. The van der Waals surface area contributed by atoms with Crippen LogP contribution in [0.1, 0.15) is 0 Å². The molecule has 1 unspecified atom stereocenters. The summed E-state index contributed by atoms with van der Waals surface area (Å²) in [6.07, 6.45) is -5.18. The van der Waals surface area contributed by atoms with E-state index < -0.39 is 23.3 Å². The van der Waals surface area contributed by atoms with Crippen LogP contribution in [0.4, 0.5) is 29.3 Å². The van der Waals surface area contributed by atoms with Crippen LogP contribution in [0.3, 0.4) is 0 Å². The molecule has 0 aliphatic rings. The van der Waals surface area contributed by atoms with Crippen LogP contribution in [0.25, 0.3) is 0 Å². The summed E-state index contributed by atoms with van der Waals surface area (Å²) in [6, 6.07) is 3.38. The van der Waals surface area contributed by atoms with E-state index in [9.17, 15) is 28.0 Å². The van der Waals surface area contributed by atoms with E-state index in [2.05, 4.69) is 0 Å². The second-order valence-corrected chi connectivity index (χ2v) is 3.29. The number of benzene rings is 1. The second kappa shape index (κ2) is 5.65. The fourth-order valence-electron chi connectivity index (χ4n) is 1.07. The Kier molecular flexibility index (Phi) is 4.43.